The number of carbonyl (C=O) groups excluding carboxylic acids is 1. The molecule has 0 atom stereocenters. The molecule has 0 aromatic heterocycles. The summed E-state index contributed by atoms with van der Waals surface area (Å²) < 4.78 is 0.822. The summed E-state index contributed by atoms with van der Waals surface area (Å²) in [5.41, 5.74) is 1.45. The van der Waals surface area contributed by atoms with E-state index in [-0.39, 0.29) is 0 Å². The SMILES string of the molecule is Cc1c(C=O)ccc(Br)c1Cl. The summed E-state index contributed by atoms with van der Waals surface area (Å²) >= 11 is 9.12. The Labute approximate surface area is 78.5 Å². The Morgan fingerprint density at radius 1 is 1.55 bits per heavy atom. The van der Waals surface area contributed by atoms with Crippen molar-refractivity contribution in [2.45, 2.75) is 6.92 Å². The Kier molecular flexibility index (Phi) is 2.68. The number of hydrogen-bond acceptors (Lipinski definition) is 1. The lowest BCUT2D eigenvalue weighted by molar-refractivity contribution is 0.112. The molecule has 0 aliphatic rings. The molecule has 0 unspecified atom stereocenters. The maximum absolute atomic E-state index is 10.4. The Morgan fingerprint density at radius 3 is 2.73 bits per heavy atom. The van der Waals surface area contributed by atoms with Gasteiger partial charge >= 0.3 is 0 Å². The minimum absolute atomic E-state index is 0.606. The first-order valence-electron chi connectivity index (χ1n) is 3.06. The van der Waals surface area contributed by atoms with E-state index in [0.29, 0.717) is 10.6 Å². The number of rotatable bonds is 1. The van der Waals surface area contributed by atoms with E-state index in [9.17, 15) is 4.79 Å². The molecule has 11 heavy (non-hydrogen) atoms. The molecule has 1 aromatic carbocycles. The molecule has 0 spiro atoms. The molecule has 0 saturated heterocycles. The summed E-state index contributed by atoms with van der Waals surface area (Å²) in [6.45, 7) is 1.82. The van der Waals surface area contributed by atoms with E-state index < -0.39 is 0 Å². The van der Waals surface area contributed by atoms with Crippen LogP contribution in [0.5, 0.6) is 0 Å². The van der Waals surface area contributed by atoms with Gasteiger partial charge in [-0.15, -0.1) is 0 Å². The topological polar surface area (TPSA) is 17.1 Å². The van der Waals surface area contributed by atoms with Gasteiger partial charge in [-0.25, -0.2) is 0 Å². The monoisotopic (exact) mass is 232 g/mol. The molecule has 0 bridgehead atoms. The van der Waals surface area contributed by atoms with Crippen LogP contribution >= 0.6 is 27.5 Å². The van der Waals surface area contributed by atoms with Crippen molar-refractivity contribution in [3.05, 3.63) is 32.8 Å². The molecule has 58 valence electrons. The molecule has 0 aliphatic carbocycles. The molecular weight excluding hydrogens is 227 g/mol. The fraction of sp³-hybridized carbons (Fsp3) is 0.125. The zero-order chi connectivity index (χ0) is 8.43. The molecule has 0 radical (unpaired) electrons. The van der Waals surface area contributed by atoms with Crippen LogP contribution in [0.4, 0.5) is 0 Å². The largest absolute Gasteiger partial charge is 0.298 e. The zero-order valence-electron chi connectivity index (χ0n) is 5.90. The quantitative estimate of drug-likeness (QED) is 0.681. The van der Waals surface area contributed by atoms with Gasteiger partial charge in [-0.2, -0.15) is 0 Å². The molecular formula is C8H6BrClO. The first-order valence-corrected chi connectivity index (χ1v) is 4.23. The smallest absolute Gasteiger partial charge is 0.150 e. The van der Waals surface area contributed by atoms with E-state index >= 15 is 0 Å². The first kappa shape index (κ1) is 8.75. The van der Waals surface area contributed by atoms with E-state index in [2.05, 4.69) is 15.9 Å². The second-order valence-corrected chi connectivity index (χ2v) is 3.43. The molecule has 1 aromatic rings. The molecule has 0 saturated carbocycles. The second kappa shape index (κ2) is 3.37. The summed E-state index contributed by atoms with van der Waals surface area (Å²) in [6.07, 6.45) is 0.799. The van der Waals surface area contributed by atoms with Crippen LogP contribution in [0.25, 0.3) is 0 Å². The maximum atomic E-state index is 10.4. The van der Waals surface area contributed by atoms with Gasteiger partial charge in [0.2, 0.25) is 0 Å². The molecule has 0 N–H and O–H groups in total. The predicted octanol–water partition coefficient (Wildman–Crippen LogP) is 3.22. The lowest BCUT2D eigenvalue weighted by Gasteiger charge is -2.02. The van der Waals surface area contributed by atoms with Gasteiger partial charge < -0.3 is 0 Å². The van der Waals surface area contributed by atoms with Gasteiger partial charge in [0.15, 0.2) is 0 Å². The average Bonchev–Trinajstić information content (AvgIpc) is 2.01. The fourth-order valence-corrected chi connectivity index (χ4v) is 1.40. The molecule has 0 amide bonds. The molecule has 3 heteroatoms. The van der Waals surface area contributed by atoms with E-state index in [0.717, 1.165) is 16.3 Å². The highest BCUT2D eigenvalue weighted by Crippen LogP contribution is 2.27. The number of carbonyl (C=O) groups is 1. The normalized spacial score (nSPS) is 9.73. The number of halogens is 2. The van der Waals surface area contributed by atoms with Gasteiger partial charge in [-0.3, -0.25) is 4.79 Å². The third kappa shape index (κ3) is 1.63. The van der Waals surface area contributed by atoms with Crippen molar-refractivity contribution in [1.29, 1.82) is 0 Å². The van der Waals surface area contributed by atoms with Crippen LogP contribution in [0, 0.1) is 6.92 Å². The van der Waals surface area contributed by atoms with Crippen molar-refractivity contribution in [2.24, 2.45) is 0 Å². The number of hydrogen-bond donors (Lipinski definition) is 0. The minimum atomic E-state index is 0.606. The Balaban J connectivity index is 3.36. The molecule has 1 rings (SSSR count). The van der Waals surface area contributed by atoms with Crippen LogP contribution in [0.15, 0.2) is 16.6 Å². The highest BCUT2D eigenvalue weighted by atomic mass is 79.9. The van der Waals surface area contributed by atoms with Gasteiger partial charge in [-0.1, -0.05) is 17.7 Å². The van der Waals surface area contributed by atoms with E-state index in [1.54, 1.807) is 12.1 Å². The van der Waals surface area contributed by atoms with Crippen molar-refractivity contribution in [3.63, 3.8) is 0 Å². The number of aldehydes is 1. The predicted molar refractivity (Wildman–Crippen MR) is 49.3 cm³/mol. The summed E-state index contributed by atoms with van der Waals surface area (Å²) in [4.78, 5) is 10.4. The van der Waals surface area contributed by atoms with Gasteiger partial charge in [-0.05, 0) is 34.5 Å². The van der Waals surface area contributed by atoms with Crippen LogP contribution < -0.4 is 0 Å². The van der Waals surface area contributed by atoms with E-state index in [4.69, 9.17) is 11.6 Å². The lowest BCUT2D eigenvalue weighted by atomic mass is 10.1. The van der Waals surface area contributed by atoms with E-state index in [1.165, 1.54) is 0 Å². The van der Waals surface area contributed by atoms with Crippen molar-refractivity contribution >= 4 is 33.8 Å². The van der Waals surface area contributed by atoms with Crippen LogP contribution in [0.2, 0.25) is 5.02 Å². The van der Waals surface area contributed by atoms with Crippen molar-refractivity contribution in [3.8, 4) is 0 Å². The van der Waals surface area contributed by atoms with Crippen LogP contribution in [-0.2, 0) is 0 Å². The summed E-state index contributed by atoms with van der Waals surface area (Å²) in [5.74, 6) is 0. The lowest BCUT2D eigenvalue weighted by Crippen LogP contribution is -1.87. The third-order valence-corrected chi connectivity index (χ3v) is 2.88. The zero-order valence-corrected chi connectivity index (χ0v) is 8.24. The number of benzene rings is 1. The van der Waals surface area contributed by atoms with Crippen LogP contribution in [0.1, 0.15) is 15.9 Å². The second-order valence-electron chi connectivity index (χ2n) is 2.19. The molecule has 1 nitrogen and oxygen atoms in total. The van der Waals surface area contributed by atoms with Crippen molar-refractivity contribution < 1.29 is 4.79 Å². The summed E-state index contributed by atoms with van der Waals surface area (Å²) in [7, 11) is 0. The van der Waals surface area contributed by atoms with Crippen LogP contribution in [-0.4, -0.2) is 6.29 Å². The average molecular weight is 233 g/mol. The van der Waals surface area contributed by atoms with Gasteiger partial charge in [0.1, 0.15) is 6.29 Å². The van der Waals surface area contributed by atoms with Gasteiger partial charge in [0.25, 0.3) is 0 Å². The van der Waals surface area contributed by atoms with Crippen molar-refractivity contribution in [1.82, 2.24) is 0 Å². The maximum Gasteiger partial charge on any atom is 0.150 e. The molecule has 0 aliphatic heterocycles. The summed E-state index contributed by atoms with van der Waals surface area (Å²) in [5, 5.41) is 0.606. The highest BCUT2D eigenvalue weighted by Gasteiger charge is 2.04. The first-order chi connectivity index (χ1) is 5.16. The standard InChI is InChI=1S/C8H6BrClO/c1-5-6(4-11)2-3-7(9)8(5)10/h2-4H,1H3. The van der Waals surface area contributed by atoms with E-state index in [1.807, 2.05) is 6.92 Å². The molecule has 0 heterocycles. The molecule has 0 fully saturated rings. The fourth-order valence-electron chi connectivity index (χ4n) is 0.795. The Bertz CT molecular complexity index is 296. The summed E-state index contributed by atoms with van der Waals surface area (Å²) in [6, 6.07) is 3.50. The van der Waals surface area contributed by atoms with Crippen LogP contribution in [0.3, 0.4) is 0 Å². The van der Waals surface area contributed by atoms with Gasteiger partial charge in [0, 0.05) is 10.0 Å². The Hall–Kier alpha value is -0.340. The Morgan fingerprint density at radius 2 is 2.18 bits per heavy atom. The highest BCUT2D eigenvalue weighted by molar-refractivity contribution is 9.10. The van der Waals surface area contributed by atoms with Crippen molar-refractivity contribution in [2.75, 3.05) is 0 Å². The minimum Gasteiger partial charge on any atom is -0.298 e. The third-order valence-electron chi connectivity index (χ3n) is 1.51. The van der Waals surface area contributed by atoms with Gasteiger partial charge in [0.05, 0.1) is 5.02 Å².